The van der Waals surface area contributed by atoms with Crippen LogP contribution < -0.4 is 11.1 Å². The number of nitrogen functional groups attached to an aromatic ring is 1. The Morgan fingerprint density at radius 2 is 2.33 bits per heavy atom. The van der Waals surface area contributed by atoms with Gasteiger partial charge in [-0.3, -0.25) is 9.69 Å². The minimum Gasteiger partial charge on any atom is -0.384 e. The molecule has 1 aromatic heterocycles. The van der Waals surface area contributed by atoms with E-state index in [0.29, 0.717) is 18.1 Å². The molecule has 1 heterocycles. The van der Waals surface area contributed by atoms with E-state index < -0.39 is 0 Å². The van der Waals surface area contributed by atoms with Gasteiger partial charge in [0.05, 0.1) is 0 Å². The van der Waals surface area contributed by atoms with Gasteiger partial charge in [-0.15, -0.1) is 0 Å². The first kappa shape index (κ1) is 12.8. The minimum absolute atomic E-state index is 0.158. The van der Waals surface area contributed by atoms with Crippen molar-refractivity contribution in [3.8, 4) is 0 Å². The number of aromatic nitrogens is 1. The van der Waals surface area contributed by atoms with E-state index in [1.165, 1.54) is 12.8 Å². The van der Waals surface area contributed by atoms with Gasteiger partial charge in [0.15, 0.2) is 0 Å². The second-order valence-electron chi connectivity index (χ2n) is 4.56. The van der Waals surface area contributed by atoms with Gasteiger partial charge in [-0.25, -0.2) is 4.98 Å². The Hall–Kier alpha value is -1.62. The van der Waals surface area contributed by atoms with Gasteiger partial charge < -0.3 is 11.1 Å². The topological polar surface area (TPSA) is 71.2 Å². The van der Waals surface area contributed by atoms with Crippen LogP contribution in [0.4, 0.5) is 5.82 Å². The third-order valence-electron chi connectivity index (χ3n) is 3.16. The number of hydrogen-bond acceptors (Lipinski definition) is 4. The van der Waals surface area contributed by atoms with Crippen LogP contribution in [0.15, 0.2) is 18.2 Å². The zero-order valence-electron chi connectivity index (χ0n) is 10.7. The fraction of sp³-hybridized carbons (Fsp3) is 0.538. The summed E-state index contributed by atoms with van der Waals surface area (Å²) in [6, 6.07) is 5.81. The van der Waals surface area contributed by atoms with Gasteiger partial charge in [0, 0.05) is 19.1 Å². The SMILES string of the molecule is CCN(CCNC(=O)c1cccc(N)n1)C1CC1. The molecular formula is C13H20N4O. The summed E-state index contributed by atoms with van der Waals surface area (Å²) < 4.78 is 0. The molecule has 0 bridgehead atoms. The molecule has 3 N–H and O–H groups in total. The molecule has 0 saturated heterocycles. The number of anilines is 1. The summed E-state index contributed by atoms with van der Waals surface area (Å²) in [6.45, 7) is 4.74. The number of likely N-dealkylation sites (N-methyl/N-ethyl adjacent to an activating group) is 1. The molecule has 1 aromatic rings. The van der Waals surface area contributed by atoms with Gasteiger partial charge in [0.1, 0.15) is 11.5 Å². The minimum atomic E-state index is -0.158. The molecule has 1 aliphatic rings. The van der Waals surface area contributed by atoms with Crippen molar-refractivity contribution in [2.45, 2.75) is 25.8 Å². The van der Waals surface area contributed by atoms with Crippen LogP contribution in [-0.4, -0.2) is 41.5 Å². The normalized spacial score (nSPS) is 14.8. The first-order valence-electron chi connectivity index (χ1n) is 6.45. The van der Waals surface area contributed by atoms with Crippen LogP contribution in [0.1, 0.15) is 30.3 Å². The Balaban J connectivity index is 1.77. The van der Waals surface area contributed by atoms with Gasteiger partial charge in [-0.2, -0.15) is 0 Å². The smallest absolute Gasteiger partial charge is 0.270 e. The highest BCUT2D eigenvalue weighted by Gasteiger charge is 2.27. The molecule has 2 rings (SSSR count). The van der Waals surface area contributed by atoms with Crippen molar-refractivity contribution >= 4 is 11.7 Å². The van der Waals surface area contributed by atoms with Crippen LogP contribution in [0.25, 0.3) is 0 Å². The van der Waals surface area contributed by atoms with E-state index in [9.17, 15) is 4.79 Å². The summed E-state index contributed by atoms with van der Waals surface area (Å²) in [6.07, 6.45) is 2.58. The molecule has 1 saturated carbocycles. The number of nitrogens with zero attached hydrogens (tertiary/aromatic N) is 2. The molecular weight excluding hydrogens is 228 g/mol. The van der Waals surface area contributed by atoms with Crippen LogP contribution >= 0.6 is 0 Å². The fourth-order valence-electron chi connectivity index (χ4n) is 2.02. The van der Waals surface area contributed by atoms with Crippen LogP contribution in [-0.2, 0) is 0 Å². The molecule has 0 aliphatic heterocycles. The monoisotopic (exact) mass is 248 g/mol. The number of rotatable bonds is 6. The number of amides is 1. The average Bonchev–Trinajstić information content (AvgIpc) is 3.18. The van der Waals surface area contributed by atoms with Gasteiger partial charge in [0.2, 0.25) is 0 Å². The molecule has 0 spiro atoms. The number of hydrogen-bond donors (Lipinski definition) is 2. The Bertz CT molecular complexity index is 417. The fourth-order valence-corrected chi connectivity index (χ4v) is 2.02. The molecule has 0 unspecified atom stereocenters. The third kappa shape index (κ3) is 3.43. The standard InChI is InChI=1S/C13H20N4O/c1-2-17(10-6-7-10)9-8-15-13(18)11-4-3-5-12(14)16-11/h3-5,10H,2,6-9H2,1H3,(H2,14,16)(H,15,18). The molecule has 0 atom stereocenters. The van der Waals surface area contributed by atoms with E-state index in [0.717, 1.165) is 19.1 Å². The lowest BCUT2D eigenvalue weighted by molar-refractivity contribution is 0.0943. The van der Waals surface area contributed by atoms with Crippen molar-refractivity contribution in [1.29, 1.82) is 0 Å². The molecule has 1 aliphatic carbocycles. The van der Waals surface area contributed by atoms with Crippen molar-refractivity contribution in [3.63, 3.8) is 0 Å². The summed E-state index contributed by atoms with van der Waals surface area (Å²) in [5.41, 5.74) is 5.92. The predicted molar refractivity (Wildman–Crippen MR) is 71.3 cm³/mol. The number of carbonyl (C=O) groups excluding carboxylic acids is 1. The largest absolute Gasteiger partial charge is 0.384 e. The summed E-state index contributed by atoms with van der Waals surface area (Å²) >= 11 is 0. The Morgan fingerprint density at radius 1 is 1.56 bits per heavy atom. The van der Waals surface area contributed by atoms with Crippen LogP contribution in [0.3, 0.4) is 0 Å². The maximum absolute atomic E-state index is 11.8. The van der Waals surface area contributed by atoms with Crippen LogP contribution in [0.5, 0.6) is 0 Å². The van der Waals surface area contributed by atoms with Crippen LogP contribution in [0.2, 0.25) is 0 Å². The second-order valence-corrected chi connectivity index (χ2v) is 4.56. The lowest BCUT2D eigenvalue weighted by Gasteiger charge is -2.19. The molecule has 1 fully saturated rings. The number of carbonyl (C=O) groups is 1. The van der Waals surface area contributed by atoms with Crippen molar-refractivity contribution in [2.75, 3.05) is 25.4 Å². The summed E-state index contributed by atoms with van der Waals surface area (Å²) in [7, 11) is 0. The van der Waals surface area contributed by atoms with Gasteiger partial charge >= 0.3 is 0 Å². The second kappa shape index (κ2) is 5.82. The molecule has 1 amide bonds. The summed E-state index contributed by atoms with van der Waals surface area (Å²) in [5, 5.41) is 2.87. The van der Waals surface area contributed by atoms with Crippen LogP contribution in [0, 0.1) is 0 Å². The van der Waals surface area contributed by atoms with Gasteiger partial charge in [0.25, 0.3) is 5.91 Å². The van der Waals surface area contributed by atoms with E-state index in [-0.39, 0.29) is 5.91 Å². The summed E-state index contributed by atoms with van der Waals surface area (Å²) in [4.78, 5) is 18.2. The number of nitrogens with one attached hydrogen (secondary N) is 1. The van der Waals surface area contributed by atoms with E-state index in [4.69, 9.17) is 5.73 Å². The van der Waals surface area contributed by atoms with Gasteiger partial charge in [-0.05, 0) is 31.5 Å². The molecule has 18 heavy (non-hydrogen) atoms. The van der Waals surface area contributed by atoms with Crippen molar-refractivity contribution in [1.82, 2.24) is 15.2 Å². The molecule has 98 valence electrons. The number of pyridine rings is 1. The first-order chi connectivity index (χ1) is 8.70. The highest BCUT2D eigenvalue weighted by atomic mass is 16.1. The molecule has 5 nitrogen and oxygen atoms in total. The average molecular weight is 248 g/mol. The zero-order chi connectivity index (χ0) is 13.0. The van der Waals surface area contributed by atoms with Crippen molar-refractivity contribution in [2.24, 2.45) is 0 Å². The maximum Gasteiger partial charge on any atom is 0.270 e. The lowest BCUT2D eigenvalue weighted by atomic mass is 10.3. The zero-order valence-corrected chi connectivity index (χ0v) is 10.7. The van der Waals surface area contributed by atoms with Crippen molar-refractivity contribution < 1.29 is 4.79 Å². The van der Waals surface area contributed by atoms with Crippen molar-refractivity contribution in [3.05, 3.63) is 23.9 Å². The quantitative estimate of drug-likeness (QED) is 0.784. The highest BCUT2D eigenvalue weighted by Crippen LogP contribution is 2.25. The Labute approximate surface area is 107 Å². The number of nitrogens with two attached hydrogens (primary N) is 1. The lowest BCUT2D eigenvalue weighted by Crippen LogP contribution is -2.36. The first-order valence-corrected chi connectivity index (χ1v) is 6.45. The molecule has 0 aromatic carbocycles. The van der Waals surface area contributed by atoms with Gasteiger partial charge in [-0.1, -0.05) is 13.0 Å². The third-order valence-corrected chi connectivity index (χ3v) is 3.16. The van der Waals surface area contributed by atoms with E-state index in [1.54, 1.807) is 18.2 Å². The van der Waals surface area contributed by atoms with E-state index in [2.05, 4.69) is 22.1 Å². The highest BCUT2D eigenvalue weighted by molar-refractivity contribution is 5.92. The Morgan fingerprint density at radius 3 is 2.94 bits per heavy atom. The Kier molecular flexibility index (Phi) is 4.15. The predicted octanol–water partition coefficient (Wildman–Crippen LogP) is 0.878. The van der Waals surface area contributed by atoms with E-state index >= 15 is 0 Å². The molecule has 0 radical (unpaired) electrons. The van der Waals surface area contributed by atoms with E-state index in [1.807, 2.05) is 0 Å². The molecule has 5 heteroatoms. The maximum atomic E-state index is 11.8. The summed E-state index contributed by atoms with van der Waals surface area (Å²) in [5.74, 6) is 0.213.